The molecule has 0 N–H and O–H groups in total. The van der Waals surface area contributed by atoms with Crippen LogP contribution in [0.15, 0.2) is 80.4 Å². The van der Waals surface area contributed by atoms with Gasteiger partial charge >= 0.3 is 5.97 Å². The van der Waals surface area contributed by atoms with Gasteiger partial charge in [-0.1, -0.05) is 35.9 Å². The van der Waals surface area contributed by atoms with Crippen molar-refractivity contribution in [2.45, 2.75) is 6.92 Å². The molecule has 144 valence electrons. The molecule has 4 rings (SSSR count). The molecule has 0 fully saturated rings. The number of halogens is 2. The topological polar surface area (TPSA) is 56.5 Å². The van der Waals surface area contributed by atoms with Gasteiger partial charge in [0.1, 0.15) is 17.1 Å². The fourth-order valence-corrected chi connectivity index (χ4v) is 3.66. The number of hydrogen-bond acceptors (Lipinski definition) is 4. The molecule has 4 aromatic rings. The van der Waals surface area contributed by atoms with Crippen LogP contribution >= 0.6 is 27.5 Å². The van der Waals surface area contributed by atoms with Crippen LogP contribution in [0.5, 0.6) is 5.75 Å². The Kier molecular flexibility index (Phi) is 5.26. The molecule has 0 aliphatic heterocycles. The fraction of sp³-hybridized carbons (Fsp3) is 0.0435. The maximum atomic E-state index is 13.0. The van der Waals surface area contributed by atoms with E-state index in [2.05, 4.69) is 15.9 Å². The first-order chi connectivity index (χ1) is 13.9. The second kappa shape index (κ2) is 7.85. The van der Waals surface area contributed by atoms with E-state index in [0.717, 1.165) is 5.56 Å². The van der Waals surface area contributed by atoms with Gasteiger partial charge < -0.3 is 9.15 Å². The second-order valence-electron chi connectivity index (χ2n) is 6.40. The molecular weight excluding hydrogens is 456 g/mol. The lowest BCUT2D eigenvalue weighted by atomic mass is 10.0. The minimum absolute atomic E-state index is 0.158. The molecule has 29 heavy (non-hydrogen) atoms. The molecule has 1 aromatic heterocycles. The molecular formula is C23H14BrClO4. The summed E-state index contributed by atoms with van der Waals surface area (Å²) in [7, 11) is 0. The molecule has 3 aromatic carbocycles. The summed E-state index contributed by atoms with van der Waals surface area (Å²) in [6, 6.07) is 18.7. The van der Waals surface area contributed by atoms with Gasteiger partial charge in [0.2, 0.25) is 5.43 Å². The fourth-order valence-electron chi connectivity index (χ4n) is 3.09. The third-order valence-corrected chi connectivity index (χ3v) is 5.42. The minimum Gasteiger partial charge on any atom is -0.460 e. The molecule has 0 saturated heterocycles. The summed E-state index contributed by atoms with van der Waals surface area (Å²) >= 11 is 9.28. The van der Waals surface area contributed by atoms with Crippen molar-refractivity contribution in [1.82, 2.24) is 0 Å². The highest BCUT2D eigenvalue weighted by Crippen LogP contribution is 2.28. The molecule has 0 saturated carbocycles. The third-order valence-electron chi connectivity index (χ3n) is 4.48. The van der Waals surface area contributed by atoms with E-state index < -0.39 is 5.97 Å². The van der Waals surface area contributed by atoms with Crippen molar-refractivity contribution >= 4 is 44.5 Å². The van der Waals surface area contributed by atoms with Crippen LogP contribution in [0.4, 0.5) is 0 Å². The lowest BCUT2D eigenvalue weighted by molar-refractivity contribution is 0.0734. The van der Waals surface area contributed by atoms with Gasteiger partial charge in [-0.05, 0) is 64.8 Å². The van der Waals surface area contributed by atoms with E-state index >= 15 is 0 Å². The first-order valence-electron chi connectivity index (χ1n) is 8.74. The van der Waals surface area contributed by atoms with Crippen LogP contribution in [-0.4, -0.2) is 5.97 Å². The zero-order chi connectivity index (χ0) is 20.5. The predicted octanol–water partition coefficient (Wildman–Crippen LogP) is 6.40. The maximum absolute atomic E-state index is 13.0. The predicted molar refractivity (Wildman–Crippen MR) is 117 cm³/mol. The van der Waals surface area contributed by atoms with Gasteiger partial charge in [-0.3, -0.25) is 4.79 Å². The SMILES string of the molecule is Cc1oc2cc(OC(=O)c3ccccc3Br)ccc2c(=O)c1-c1ccc(Cl)cc1. The molecule has 0 amide bonds. The van der Waals surface area contributed by atoms with Gasteiger partial charge in [0.25, 0.3) is 0 Å². The van der Waals surface area contributed by atoms with Crippen LogP contribution in [0.1, 0.15) is 16.1 Å². The van der Waals surface area contributed by atoms with Gasteiger partial charge in [0.05, 0.1) is 16.5 Å². The zero-order valence-corrected chi connectivity index (χ0v) is 17.6. The summed E-state index contributed by atoms with van der Waals surface area (Å²) < 4.78 is 12.0. The largest absolute Gasteiger partial charge is 0.460 e. The van der Waals surface area contributed by atoms with E-state index in [1.807, 2.05) is 6.07 Å². The van der Waals surface area contributed by atoms with Crippen molar-refractivity contribution in [3.8, 4) is 16.9 Å². The van der Waals surface area contributed by atoms with Crippen LogP contribution in [0.25, 0.3) is 22.1 Å². The normalized spacial score (nSPS) is 10.9. The highest BCUT2D eigenvalue weighted by atomic mass is 79.9. The number of carbonyl (C=O) groups is 1. The van der Waals surface area contributed by atoms with E-state index in [9.17, 15) is 9.59 Å². The highest BCUT2D eigenvalue weighted by molar-refractivity contribution is 9.10. The van der Waals surface area contributed by atoms with Gasteiger partial charge in [-0.2, -0.15) is 0 Å². The summed E-state index contributed by atoms with van der Waals surface area (Å²) in [6.45, 7) is 1.73. The number of aryl methyl sites for hydroxylation is 1. The summed E-state index contributed by atoms with van der Waals surface area (Å²) in [6.07, 6.45) is 0. The van der Waals surface area contributed by atoms with E-state index in [-0.39, 0.29) is 5.43 Å². The van der Waals surface area contributed by atoms with Gasteiger partial charge in [-0.15, -0.1) is 0 Å². The van der Waals surface area contributed by atoms with Crippen molar-refractivity contribution in [1.29, 1.82) is 0 Å². The quantitative estimate of drug-likeness (QED) is 0.257. The molecule has 4 nitrogen and oxygen atoms in total. The van der Waals surface area contributed by atoms with E-state index in [1.165, 1.54) is 0 Å². The smallest absolute Gasteiger partial charge is 0.344 e. The monoisotopic (exact) mass is 468 g/mol. The molecule has 6 heteroatoms. The van der Waals surface area contributed by atoms with Crippen molar-refractivity contribution in [3.05, 3.63) is 97.8 Å². The molecule has 0 unspecified atom stereocenters. The van der Waals surface area contributed by atoms with Crippen LogP contribution in [0.2, 0.25) is 5.02 Å². The number of fused-ring (bicyclic) bond motifs is 1. The molecule has 0 radical (unpaired) electrons. The van der Waals surface area contributed by atoms with E-state index in [1.54, 1.807) is 67.6 Å². The molecule has 0 bridgehead atoms. The maximum Gasteiger partial charge on any atom is 0.344 e. The summed E-state index contributed by atoms with van der Waals surface area (Å²) in [5.74, 6) is 0.257. The lowest BCUT2D eigenvalue weighted by Crippen LogP contribution is -2.10. The Morgan fingerprint density at radius 1 is 1.03 bits per heavy atom. The number of rotatable bonds is 3. The van der Waals surface area contributed by atoms with Gasteiger partial charge in [0, 0.05) is 15.6 Å². The number of ether oxygens (including phenoxy) is 1. The van der Waals surface area contributed by atoms with Crippen LogP contribution in [0.3, 0.4) is 0 Å². The summed E-state index contributed by atoms with van der Waals surface area (Å²) in [4.78, 5) is 25.4. The molecule has 0 spiro atoms. The Labute approximate surface area is 179 Å². The van der Waals surface area contributed by atoms with E-state index in [4.69, 9.17) is 20.8 Å². The standard InChI is InChI=1S/C23H14BrClO4/c1-13-21(14-6-8-15(25)9-7-14)22(26)18-11-10-16(12-20(18)28-13)29-23(27)17-4-2-3-5-19(17)24/h2-12H,1H3. The Morgan fingerprint density at radius 3 is 2.48 bits per heavy atom. The van der Waals surface area contributed by atoms with Crippen LogP contribution in [-0.2, 0) is 0 Å². The number of hydrogen-bond donors (Lipinski definition) is 0. The van der Waals surface area contributed by atoms with Crippen molar-refractivity contribution < 1.29 is 13.9 Å². The van der Waals surface area contributed by atoms with Crippen LogP contribution < -0.4 is 10.2 Å². The Bertz CT molecular complexity index is 1290. The molecule has 0 aliphatic carbocycles. The highest BCUT2D eigenvalue weighted by Gasteiger charge is 2.16. The second-order valence-corrected chi connectivity index (χ2v) is 7.69. The molecule has 1 heterocycles. The molecule has 0 aliphatic rings. The Hall–Kier alpha value is -2.89. The Balaban J connectivity index is 1.73. The summed E-state index contributed by atoms with van der Waals surface area (Å²) in [5.41, 5.74) is 1.81. The number of benzene rings is 3. The third kappa shape index (κ3) is 3.84. The minimum atomic E-state index is -0.506. The number of esters is 1. The van der Waals surface area contributed by atoms with Crippen molar-refractivity contribution in [2.75, 3.05) is 0 Å². The van der Waals surface area contributed by atoms with Crippen molar-refractivity contribution in [3.63, 3.8) is 0 Å². The average Bonchev–Trinajstić information content (AvgIpc) is 2.69. The zero-order valence-electron chi connectivity index (χ0n) is 15.2. The first kappa shape index (κ1) is 19.4. The molecule has 0 atom stereocenters. The number of carbonyl (C=O) groups excluding carboxylic acids is 1. The van der Waals surface area contributed by atoms with Crippen LogP contribution in [0, 0.1) is 6.92 Å². The average molecular weight is 470 g/mol. The Morgan fingerprint density at radius 2 is 1.76 bits per heavy atom. The summed E-state index contributed by atoms with van der Waals surface area (Å²) in [5, 5.41) is 0.995. The van der Waals surface area contributed by atoms with E-state index in [0.29, 0.717) is 43.1 Å². The first-order valence-corrected chi connectivity index (χ1v) is 9.91. The lowest BCUT2D eigenvalue weighted by Gasteiger charge is -2.09. The van der Waals surface area contributed by atoms with Crippen molar-refractivity contribution in [2.24, 2.45) is 0 Å². The van der Waals surface area contributed by atoms with Gasteiger partial charge in [0.15, 0.2) is 0 Å². The van der Waals surface area contributed by atoms with Gasteiger partial charge in [-0.25, -0.2) is 4.79 Å².